The summed E-state index contributed by atoms with van der Waals surface area (Å²) in [6, 6.07) is 0. The topological polar surface area (TPSA) is 51.6 Å². The summed E-state index contributed by atoms with van der Waals surface area (Å²) < 4.78 is 0. The van der Waals surface area contributed by atoms with Gasteiger partial charge in [0.15, 0.2) is 0 Å². The first-order valence-electron chi connectivity index (χ1n) is 10.8. The van der Waals surface area contributed by atoms with E-state index in [0.717, 1.165) is 24.0 Å². The second kappa shape index (κ2) is 14.7. The number of rotatable bonds is 10. The van der Waals surface area contributed by atoms with Crippen LogP contribution in [0.2, 0.25) is 0 Å². The summed E-state index contributed by atoms with van der Waals surface area (Å²) >= 11 is 0. The van der Waals surface area contributed by atoms with Crippen LogP contribution in [0.25, 0.3) is 12.2 Å². The van der Waals surface area contributed by atoms with E-state index in [9.17, 15) is 0 Å². The van der Waals surface area contributed by atoms with E-state index in [1.165, 1.54) is 38.5 Å². The molecule has 0 radical (unpaired) electrons. The van der Waals surface area contributed by atoms with Gasteiger partial charge < -0.3 is 0 Å². The second-order valence-corrected chi connectivity index (χ2v) is 6.98. The zero-order chi connectivity index (χ0) is 21.3. The summed E-state index contributed by atoms with van der Waals surface area (Å²) in [6.07, 6.45) is 25.2. The van der Waals surface area contributed by atoms with Crippen molar-refractivity contribution in [3.63, 3.8) is 0 Å². The Hall–Kier alpha value is -3.24. The van der Waals surface area contributed by atoms with Crippen LogP contribution in [0.15, 0.2) is 36.9 Å². The molecule has 2 aromatic heterocycles. The summed E-state index contributed by atoms with van der Waals surface area (Å²) in [5.41, 5.74) is 1.96. The number of aromatic nitrogens is 4. The summed E-state index contributed by atoms with van der Waals surface area (Å²) in [5, 5.41) is 0. The first kappa shape index (κ1) is 23.0. The molecular weight excluding hydrogens is 368 g/mol. The van der Waals surface area contributed by atoms with Crippen LogP contribution in [0.1, 0.15) is 88.0 Å². The van der Waals surface area contributed by atoms with Crippen molar-refractivity contribution >= 4 is 12.2 Å². The van der Waals surface area contributed by atoms with Gasteiger partial charge in [0.25, 0.3) is 0 Å². The van der Waals surface area contributed by atoms with E-state index in [0.29, 0.717) is 11.6 Å². The zero-order valence-corrected chi connectivity index (χ0v) is 18.1. The Bertz CT molecular complexity index is 838. The van der Waals surface area contributed by atoms with Gasteiger partial charge in [-0.15, -0.1) is 0 Å². The monoisotopic (exact) mass is 398 g/mol. The van der Waals surface area contributed by atoms with Gasteiger partial charge in [0.2, 0.25) is 11.6 Å². The van der Waals surface area contributed by atoms with Crippen molar-refractivity contribution in [1.82, 2.24) is 19.9 Å². The minimum Gasteiger partial charge on any atom is -0.229 e. The fraction of sp³-hybridized carbons (Fsp3) is 0.385. The van der Waals surface area contributed by atoms with Crippen LogP contribution in [-0.2, 0) is 0 Å². The molecule has 0 saturated carbocycles. The normalized spacial score (nSPS) is 10.6. The highest BCUT2D eigenvalue weighted by Crippen LogP contribution is 2.05. The van der Waals surface area contributed by atoms with E-state index in [4.69, 9.17) is 0 Å². The third kappa shape index (κ3) is 9.80. The zero-order valence-electron chi connectivity index (χ0n) is 18.1. The molecule has 4 nitrogen and oxygen atoms in total. The van der Waals surface area contributed by atoms with E-state index < -0.39 is 0 Å². The van der Waals surface area contributed by atoms with Crippen molar-refractivity contribution in [2.45, 2.75) is 65.2 Å². The summed E-state index contributed by atoms with van der Waals surface area (Å²) in [4.78, 5) is 17.0. The molecule has 2 heterocycles. The van der Waals surface area contributed by atoms with Crippen LogP contribution >= 0.6 is 0 Å². The van der Waals surface area contributed by atoms with Gasteiger partial charge in [-0.1, -0.05) is 63.8 Å². The van der Waals surface area contributed by atoms with Gasteiger partial charge >= 0.3 is 0 Å². The Morgan fingerprint density at radius 3 is 1.40 bits per heavy atom. The number of allylic oxidation sites excluding steroid dienone is 2. The van der Waals surface area contributed by atoms with Gasteiger partial charge in [0, 0.05) is 35.9 Å². The molecule has 0 aliphatic carbocycles. The molecule has 0 aliphatic rings. The lowest BCUT2D eigenvalue weighted by molar-refractivity contribution is 0.730. The Kier molecular flexibility index (Phi) is 11.3. The SMILES string of the molecule is CCCCC/C=C/c1cnc(C#CC#Cc2ncc(/C=C/CCCCC)cn2)nc1. The van der Waals surface area contributed by atoms with Gasteiger partial charge in [-0.2, -0.15) is 0 Å². The summed E-state index contributed by atoms with van der Waals surface area (Å²) in [7, 11) is 0. The van der Waals surface area contributed by atoms with Crippen LogP contribution in [-0.4, -0.2) is 19.9 Å². The minimum absolute atomic E-state index is 0.455. The Morgan fingerprint density at radius 1 is 0.633 bits per heavy atom. The van der Waals surface area contributed by atoms with E-state index in [2.05, 4.69) is 69.6 Å². The molecule has 0 aromatic carbocycles. The van der Waals surface area contributed by atoms with E-state index >= 15 is 0 Å². The molecule has 2 aromatic rings. The van der Waals surface area contributed by atoms with Crippen molar-refractivity contribution in [3.05, 3.63) is 59.7 Å². The largest absolute Gasteiger partial charge is 0.229 e. The van der Waals surface area contributed by atoms with Crippen LogP contribution in [0, 0.1) is 23.7 Å². The molecule has 0 aliphatic heterocycles. The minimum atomic E-state index is 0.455. The molecule has 0 N–H and O–H groups in total. The van der Waals surface area contributed by atoms with Crippen LogP contribution in [0.5, 0.6) is 0 Å². The van der Waals surface area contributed by atoms with Gasteiger partial charge in [-0.25, -0.2) is 19.9 Å². The highest BCUT2D eigenvalue weighted by atomic mass is 14.9. The maximum atomic E-state index is 4.25. The molecule has 154 valence electrons. The highest BCUT2D eigenvalue weighted by Gasteiger charge is 1.92. The van der Waals surface area contributed by atoms with Gasteiger partial charge in [-0.05, 0) is 49.4 Å². The van der Waals surface area contributed by atoms with E-state index in [-0.39, 0.29) is 0 Å². The molecule has 0 spiro atoms. The highest BCUT2D eigenvalue weighted by molar-refractivity contribution is 5.48. The van der Waals surface area contributed by atoms with Crippen molar-refractivity contribution in [2.75, 3.05) is 0 Å². The lowest BCUT2D eigenvalue weighted by atomic mass is 10.2. The molecule has 0 unspecified atom stereocenters. The fourth-order valence-corrected chi connectivity index (χ4v) is 2.61. The van der Waals surface area contributed by atoms with Crippen molar-refractivity contribution < 1.29 is 0 Å². The summed E-state index contributed by atoms with van der Waals surface area (Å²) in [5.74, 6) is 12.1. The number of nitrogens with zero attached hydrogens (tertiary/aromatic N) is 4. The number of unbranched alkanes of at least 4 members (excludes halogenated alkanes) is 6. The van der Waals surface area contributed by atoms with E-state index in [1.807, 2.05) is 12.2 Å². The first-order chi connectivity index (χ1) is 14.8. The molecule has 30 heavy (non-hydrogen) atoms. The number of hydrogen-bond acceptors (Lipinski definition) is 4. The molecule has 2 rings (SSSR count). The quantitative estimate of drug-likeness (QED) is 0.372. The predicted octanol–water partition coefficient (Wildman–Crippen LogP) is 5.86. The van der Waals surface area contributed by atoms with E-state index in [1.54, 1.807) is 24.8 Å². The maximum Gasteiger partial charge on any atom is 0.205 e. The molecule has 0 atom stereocenters. The van der Waals surface area contributed by atoms with Gasteiger partial charge in [0.1, 0.15) is 0 Å². The Morgan fingerprint density at radius 2 is 1.03 bits per heavy atom. The average molecular weight is 399 g/mol. The van der Waals surface area contributed by atoms with Crippen LogP contribution in [0.4, 0.5) is 0 Å². The standard InChI is InChI=1S/C26H30N4/c1-3-5-7-9-11-15-23-19-27-25(28-20-23)17-13-14-18-26-29-21-24(22-30-26)16-12-10-8-6-4-2/h11-12,15-16,19-22H,3-10H2,1-2H3/b15-11+,16-12+. The predicted molar refractivity (Wildman–Crippen MR) is 124 cm³/mol. The average Bonchev–Trinajstić information content (AvgIpc) is 2.78. The fourth-order valence-electron chi connectivity index (χ4n) is 2.61. The third-order valence-electron chi connectivity index (χ3n) is 4.32. The third-order valence-corrected chi connectivity index (χ3v) is 4.32. The molecule has 0 fully saturated rings. The second-order valence-electron chi connectivity index (χ2n) is 6.98. The lowest BCUT2D eigenvalue weighted by Crippen LogP contribution is -1.89. The molecular formula is C26H30N4. The molecule has 4 heteroatoms. The Balaban J connectivity index is 1.83. The van der Waals surface area contributed by atoms with Gasteiger partial charge in [0.05, 0.1) is 0 Å². The molecule has 0 bridgehead atoms. The van der Waals surface area contributed by atoms with Gasteiger partial charge in [-0.3, -0.25) is 0 Å². The summed E-state index contributed by atoms with van der Waals surface area (Å²) in [6.45, 7) is 4.42. The van der Waals surface area contributed by atoms with Crippen molar-refractivity contribution in [3.8, 4) is 23.7 Å². The smallest absolute Gasteiger partial charge is 0.205 e. The lowest BCUT2D eigenvalue weighted by Gasteiger charge is -1.94. The van der Waals surface area contributed by atoms with Crippen molar-refractivity contribution in [2.24, 2.45) is 0 Å². The Labute approximate surface area is 181 Å². The first-order valence-corrected chi connectivity index (χ1v) is 10.8. The number of hydrogen-bond donors (Lipinski definition) is 0. The maximum absolute atomic E-state index is 4.25. The molecule has 0 amide bonds. The van der Waals surface area contributed by atoms with Crippen LogP contribution < -0.4 is 0 Å². The van der Waals surface area contributed by atoms with Crippen LogP contribution in [0.3, 0.4) is 0 Å². The van der Waals surface area contributed by atoms with Crippen molar-refractivity contribution in [1.29, 1.82) is 0 Å². The molecule has 0 saturated heterocycles.